The summed E-state index contributed by atoms with van der Waals surface area (Å²) in [5, 5.41) is 13.8. The molecule has 0 radical (unpaired) electrons. The van der Waals surface area contributed by atoms with Crippen LogP contribution in [0.4, 0.5) is 10.2 Å². The molecule has 4 rings (SSSR count). The molecule has 2 N–H and O–H groups in total. The van der Waals surface area contributed by atoms with E-state index in [0.717, 1.165) is 24.0 Å². The fraction of sp³-hybridized carbons (Fsp3) is 0.400. The van der Waals surface area contributed by atoms with Gasteiger partial charge in [0.1, 0.15) is 11.6 Å². The maximum absolute atomic E-state index is 14.5. The SMILES string of the molecule is C[SiH](C)c1ccc(F)c2c1CC[C@H]2Nc1ccc([C@H]2C[C@@H]2C(=O)O)cn1. The van der Waals surface area contributed by atoms with Crippen molar-refractivity contribution in [2.45, 2.75) is 44.3 Å². The summed E-state index contributed by atoms with van der Waals surface area (Å²) in [5.74, 6) is -0.347. The molecule has 2 aliphatic rings. The van der Waals surface area contributed by atoms with Gasteiger partial charge in [0.15, 0.2) is 0 Å². The molecule has 0 amide bonds. The van der Waals surface area contributed by atoms with Gasteiger partial charge in [0, 0.05) is 11.8 Å². The second-order valence-electron chi connectivity index (χ2n) is 7.68. The van der Waals surface area contributed by atoms with Crippen LogP contribution in [0.3, 0.4) is 0 Å². The monoisotopic (exact) mass is 370 g/mol. The van der Waals surface area contributed by atoms with Crippen LogP contribution < -0.4 is 10.5 Å². The van der Waals surface area contributed by atoms with Crippen LogP contribution in [0, 0.1) is 11.7 Å². The summed E-state index contributed by atoms with van der Waals surface area (Å²) in [6, 6.07) is 7.34. The maximum Gasteiger partial charge on any atom is 0.307 e. The first-order chi connectivity index (χ1) is 12.5. The number of hydrogen-bond donors (Lipinski definition) is 2. The summed E-state index contributed by atoms with van der Waals surface area (Å²) in [4.78, 5) is 15.4. The van der Waals surface area contributed by atoms with Crippen molar-refractivity contribution >= 4 is 25.8 Å². The Morgan fingerprint density at radius 3 is 2.73 bits per heavy atom. The Balaban J connectivity index is 1.52. The molecular formula is C20H23FN2O2Si. The Kier molecular flexibility index (Phi) is 4.30. The lowest BCUT2D eigenvalue weighted by Gasteiger charge is -2.17. The summed E-state index contributed by atoms with van der Waals surface area (Å²) in [7, 11) is -0.990. The summed E-state index contributed by atoms with van der Waals surface area (Å²) in [6.45, 7) is 4.55. The maximum atomic E-state index is 14.5. The molecule has 1 fully saturated rings. The number of carboxylic acids is 1. The van der Waals surface area contributed by atoms with Crippen molar-refractivity contribution in [3.63, 3.8) is 0 Å². The van der Waals surface area contributed by atoms with Crippen molar-refractivity contribution in [1.82, 2.24) is 4.98 Å². The van der Waals surface area contributed by atoms with E-state index in [4.69, 9.17) is 5.11 Å². The van der Waals surface area contributed by atoms with Crippen molar-refractivity contribution in [3.05, 3.63) is 53.0 Å². The molecule has 2 aromatic rings. The number of nitrogens with one attached hydrogen (secondary N) is 1. The fourth-order valence-electron chi connectivity index (χ4n) is 4.15. The molecule has 136 valence electrons. The van der Waals surface area contributed by atoms with E-state index in [1.807, 2.05) is 18.2 Å². The fourth-order valence-corrected chi connectivity index (χ4v) is 5.63. The number of fused-ring (bicyclic) bond motifs is 1. The number of nitrogens with zero attached hydrogens (tertiary/aromatic N) is 1. The van der Waals surface area contributed by atoms with Crippen LogP contribution in [0.15, 0.2) is 30.5 Å². The van der Waals surface area contributed by atoms with Gasteiger partial charge >= 0.3 is 5.97 Å². The van der Waals surface area contributed by atoms with Gasteiger partial charge in [-0.1, -0.05) is 30.4 Å². The third-order valence-electron chi connectivity index (χ3n) is 5.64. The highest BCUT2D eigenvalue weighted by Gasteiger charge is 2.44. The van der Waals surface area contributed by atoms with E-state index in [0.29, 0.717) is 12.2 Å². The normalized spacial score (nSPS) is 23.8. The predicted octanol–water partition coefficient (Wildman–Crippen LogP) is 3.20. The van der Waals surface area contributed by atoms with Crippen molar-refractivity contribution in [2.24, 2.45) is 5.92 Å². The number of carbonyl (C=O) groups is 1. The Hall–Kier alpha value is -2.21. The first-order valence-corrected chi connectivity index (χ1v) is 12.1. The highest BCUT2D eigenvalue weighted by Crippen LogP contribution is 2.47. The lowest BCUT2D eigenvalue weighted by molar-refractivity contribution is -0.138. The number of hydrogen-bond acceptors (Lipinski definition) is 3. The Labute approximate surface area is 154 Å². The summed E-state index contributed by atoms with van der Waals surface area (Å²) in [5.41, 5.74) is 2.97. The van der Waals surface area contributed by atoms with Crippen LogP contribution in [-0.2, 0) is 11.2 Å². The van der Waals surface area contributed by atoms with Gasteiger partial charge in [-0.2, -0.15) is 0 Å². The Morgan fingerprint density at radius 2 is 2.12 bits per heavy atom. The molecule has 0 bridgehead atoms. The first kappa shape index (κ1) is 17.2. The molecule has 6 heteroatoms. The topological polar surface area (TPSA) is 62.2 Å². The van der Waals surface area contributed by atoms with E-state index < -0.39 is 14.8 Å². The molecule has 26 heavy (non-hydrogen) atoms. The van der Waals surface area contributed by atoms with E-state index >= 15 is 0 Å². The summed E-state index contributed by atoms with van der Waals surface area (Å²) < 4.78 is 14.5. The summed E-state index contributed by atoms with van der Waals surface area (Å²) in [6.07, 6.45) is 4.22. The molecule has 2 aliphatic carbocycles. The molecule has 4 nitrogen and oxygen atoms in total. The molecule has 0 saturated heterocycles. The average Bonchev–Trinajstić information content (AvgIpc) is 3.31. The minimum Gasteiger partial charge on any atom is -0.481 e. The minimum atomic E-state index is -0.990. The van der Waals surface area contributed by atoms with E-state index in [1.165, 1.54) is 10.8 Å². The van der Waals surface area contributed by atoms with Gasteiger partial charge in [0.05, 0.1) is 20.8 Å². The zero-order valence-electron chi connectivity index (χ0n) is 15.0. The van der Waals surface area contributed by atoms with Gasteiger partial charge < -0.3 is 10.4 Å². The molecule has 1 aromatic heterocycles. The predicted molar refractivity (Wildman–Crippen MR) is 102 cm³/mol. The van der Waals surface area contributed by atoms with E-state index in [1.54, 1.807) is 12.3 Å². The lowest BCUT2D eigenvalue weighted by Crippen LogP contribution is -2.27. The van der Waals surface area contributed by atoms with Gasteiger partial charge in [0.25, 0.3) is 0 Å². The van der Waals surface area contributed by atoms with Crippen molar-refractivity contribution < 1.29 is 14.3 Å². The molecule has 1 aromatic carbocycles. The van der Waals surface area contributed by atoms with Crippen molar-refractivity contribution in [3.8, 4) is 0 Å². The number of aliphatic carboxylic acids is 1. The third kappa shape index (κ3) is 3.02. The number of benzene rings is 1. The molecule has 0 aliphatic heterocycles. The largest absolute Gasteiger partial charge is 0.481 e. The van der Waals surface area contributed by atoms with Crippen LogP contribution in [0.25, 0.3) is 0 Å². The van der Waals surface area contributed by atoms with E-state index in [-0.39, 0.29) is 23.7 Å². The highest BCUT2D eigenvalue weighted by atomic mass is 28.3. The molecule has 0 spiro atoms. The van der Waals surface area contributed by atoms with Crippen molar-refractivity contribution in [1.29, 1.82) is 0 Å². The molecule has 1 heterocycles. The van der Waals surface area contributed by atoms with Gasteiger partial charge in [-0.05, 0) is 48.4 Å². The van der Waals surface area contributed by atoms with Gasteiger partial charge in [-0.15, -0.1) is 0 Å². The standard InChI is InChI=1S/C20H23FN2O2Si/c1-26(2)17-7-5-15(21)19-12(17)4-6-16(19)23-18-8-3-11(10-22-18)13-9-14(13)20(24)25/h3,5,7-8,10,13-14,16,26H,4,6,9H2,1-2H3,(H,22,23)(H,24,25)/t13-,14+,16-/m1/s1. The van der Waals surface area contributed by atoms with E-state index in [2.05, 4.69) is 23.4 Å². The summed E-state index contributed by atoms with van der Waals surface area (Å²) >= 11 is 0. The second kappa shape index (κ2) is 6.50. The zero-order chi connectivity index (χ0) is 18.4. The number of anilines is 1. The number of aromatic nitrogens is 1. The van der Waals surface area contributed by atoms with Crippen molar-refractivity contribution in [2.75, 3.05) is 5.32 Å². The number of pyridine rings is 1. The number of rotatable bonds is 5. The van der Waals surface area contributed by atoms with Gasteiger partial charge in [0.2, 0.25) is 0 Å². The smallest absolute Gasteiger partial charge is 0.307 e. The van der Waals surface area contributed by atoms with Crippen LogP contribution in [0.2, 0.25) is 13.1 Å². The lowest BCUT2D eigenvalue weighted by atomic mass is 10.1. The first-order valence-electron chi connectivity index (χ1n) is 9.22. The van der Waals surface area contributed by atoms with Crippen LogP contribution in [0.1, 0.15) is 41.5 Å². The van der Waals surface area contributed by atoms with Crippen LogP contribution in [-0.4, -0.2) is 24.9 Å². The zero-order valence-corrected chi connectivity index (χ0v) is 16.2. The Bertz CT molecular complexity index is 854. The Morgan fingerprint density at radius 1 is 1.31 bits per heavy atom. The van der Waals surface area contributed by atoms with E-state index in [9.17, 15) is 9.18 Å². The molecular weight excluding hydrogens is 347 g/mol. The molecule has 1 saturated carbocycles. The minimum absolute atomic E-state index is 0.0521. The van der Waals surface area contributed by atoms with Crippen LogP contribution >= 0.6 is 0 Å². The van der Waals surface area contributed by atoms with Gasteiger partial charge in [-0.25, -0.2) is 9.37 Å². The third-order valence-corrected chi connectivity index (χ3v) is 7.42. The van der Waals surface area contributed by atoms with Gasteiger partial charge in [-0.3, -0.25) is 4.79 Å². The molecule has 3 atom stereocenters. The second-order valence-corrected chi connectivity index (χ2v) is 10.6. The molecule has 0 unspecified atom stereocenters. The number of halogens is 1. The average molecular weight is 371 g/mol. The quantitative estimate of drug-likeness (QED) is 0.794. The highest BCUT2D eigenvalue weighted by molar-refractivity contribution is 6.71. The van der Waals surface area contributed by atoms with Crippen LogP contribution in [0.5, 0.6) is 0 Å². The number of carboxylic acid groups (broad SMARTS) is 1.